The van der Waals surface area contributed by atoms with Gasteiger partial charge in [-0.2, -0.15) is 0 Å². The molecule has 0 spiro atoms. The van der Waals surface area contributed by atoms with Crippen molar-refractivity contribution >= 4 is 11.6 Å². The van der Waals surface area contributed by atoms with Gasteiger partial charge in [0.2, 0.25) is 0 Å². The van der Waals surface area contributed by atoms with Gasteiger partial charge in [-0.15, -0.1) is 10.2 Å². The molecular weight excluding hydrogens is 256 g/mol. The van der Waals surface area contributed by atoms with E-state index in [0.29, 0.717) is 11.5 Å². The number of methoxy groups -OCH3 is 1. The Morgan fingerprint density at radius 2 is 2.40 bits per heavy atom. The number of carbonyl (C=O) groups is 1. The number of nitrogens with one attached hydrogen (secondary N) is 1. The van der Waals surface area contributed by atoms with Gasteiger partial charge in [0.25, 0.3) is 0 Å². The van der Waals surface area contributed by atoms with E-state index in [4.69, 9.17) is 4.74 Å². The van der Waals surface area contributed by atoms with Gasteiger partial charge in [-0.25, -0.2) is 4.79 Å². The van der Waals surface area contributed by atoms with E-state index >= 15 is 0 Å². The minimum absolute atomic E-state index is 0.342. The first-order valence-electron chi connectivity index (χ1n) is 6.90. The van der Waals surface area contributed by atoms with Gasteiger partial charge in [0.1, 0.15) is 5.82 Å². The van der Waals surface area contributed by atoms with Crippen LogP contribution >= 0.6 is 0 Å². The van der Waals surface area contributed by atoms with E-state index in [0.717, 1.165) is 31.0 Å². The molecule has 0 aliphatic carbocycles. The Morgan fingerprint density at radius 3 is 3.15 bits per heavy atom. The molecule has 1 unspecified atom stereocenters. The van der Waals surface area contributed by atoms with E-state index in [1.165, 1.54) is 20.0 Å². The van der Waals surface area contributed by atoms with E-state index in [2.05, 4.69) is 15.5 Å². The molecule has 6 heteroatoms. The molecule has 0 aromatic carbocycles. The van der Waals surface area contributed by atoms with Gasteiger partial charge >= 0.3 is 5.97 Å². The zero-order chi connectivity index (χ0) is 13.9. The summed E-state index contributed by atoms with van der Waals surface area (Å²) in [5.41, 5.74) is 1.28. The number of rotatable bonds is 3. The molecule has 0 saturated carbocycles. The van der Waals surface area contributed by atoms with Gasteiger partial charge in [-0.1, -0.05) is 0 Å². The van der Waals surface area contributed by atoms with Crippen molar-refractivity contribution in [1.29, 1.82) is 0 Å². The van der Waals surface area contributed by atoms with Gasteiger partial charge in [-0.3, -0.25) is 4.40 Å². The minimum Gasteiger partial charge on any atom is -0.465 e. The second-order valence-corrected chi connectivity index (χ2v) is 5.17. The molecule has 1 N–H and O–H groups in total. The molecule has 2 aromatic heterocycles. The number of carbonyl (C=O) groups excluding carboxylic acids is 1. The molecular formula is C14H18N4O2. The number of hydrogen-bond acceptors (Lipinski definition) is 5. The van der Waals surface area contributed by atoms with Gasteiger partial charge in [0, 0.05) is 12.6 Å². The molecule has 3 rings (SSSR count). The number of nitrogens with zero attached hydrogens (tertiary/aromatic N) is 3. The summed E-state index contributed by atoms with van der Waals surface area (Å²) in [5.74, 6) is 1.14. The molecule has 20 heavy (non-hydrogen) atoms. The van der Waals surface area contributed by atoms with Crippen LogP contribution in [0, 0.1) is 5.92 Å². The first-order chi connectivity index (χ1) is 9.78. The topological polar surface area (TPSA) is 68.5 Å². The highest BCUT2D eigenvalue weighted by Crippen LogP contribution is 2.16. The minimum atomic E-state index is -0.342. The zero-order valence-electron chi connectivity index (χ0n) is 11.5. The van der Waals surface area contributed by atoms with Crippen LogP contribution in [0.5, 0.6) is 0 Å². The fraction of sp³-hybridized carbons (Fsp3) is 0.500. The highest BCUT2D eigenvalue weighted by Gasteiger charge is 2.17. The average Bonchev–Trinajstić information content (AvgIpc) is 2.90. The molecule has 1 saturated heterocycles. The number of aromatic nitrogens is 3. The van der Waals surface area contributed by atoms with Crippen LogP contribution in [-0.4, -0.2) is 40.8 Å². The SMILES string of the molecule is COC(=O)c1ccc2nnc(CC3CCCNC3)n2c1. The summed E-state index contributed by atoms with van der Waals surface area (Å²) >= 11 is 0. The second-order valence-electron chi connectivity index (χ2n) is 5.17. The maximum absolute atomic E-state index is 11.6. The quantitative estimate of drug-likeness (QED) is 0.848. The highest BCUT2D eigenvalue weighted by atomic mass is 16.5. The van der Waals surface area contributed by atoms with Crippen LogP contribution in [0.15, 0.2) is 18.3 Å². The van der Waals surface area contributed by atoms with Crippen molar-refractivity contribution in [3.63, 3.8) is 0 Å². The van der Waals surface area contributed by atoms with Crippen LogP contribution in [0.1, 0.15) is 29.0 Å². The van der Waals surface area contributed by atoms with Crippen molar-refractivity contribution in [2.24, 2.45) is 5.92 Å². The molecule has 2 aromatic rings. The third kappa shape index (κ3) is 2.51. The first-order valence-corrected chi connectivity index (χ1v) is 6.90. The van der Waals surface area contributed by atoms with Gasteiger partial charge in [-0.05, 0) is 44.0 Å². The van der Waals surface area contributed by atoms with Crippen molar-refractivity contribution in [2.75, 3.05) is 20.2 Å². The molecule has 1 fully saturated rings. The number of fused-ring (bicyclic) bond motifs is 1. The molecule has 0 radical (unpaired) electrons. The largest absolute Gasteiger partial charge is 0.465 e. The lowest BCUT2D eigenvalue weighted by atomic mass is 9.96. The maximum atomic E-state index is 11.6. The number of ether oxygens (including phenoxy) is 1. The number of esters is 1. The number of piperidine rings is 1. The van der Waals surface area contributed by atoms with Crippen molar-refractivity contribution in [3.8, 4) is 0 Å². The molecule has 106 valence electrons. The van der Waals surface area contributed by atoms with Gasteiger partial charge in [0.15, 0.2) is 5.65 Å². The summed E-state index contributed by atoms with van der Waals surface area (Å²) in [7, 11) is 1.38. The maximum Gasteiger partial charge on any atom is 0.339 e. The van der Waals surface area contributed by atoms with Crippen LogP contribution in [0.4, 0.5) is 0 Å². The Kier molecular flexibility index (Phi) is 3.64. The van der Waals surface area contributed by atoms with Crippen LogP contribution in [0.3, 0.4) is 0 Å². The predicted molar refractivity (Wildman–Crippen MR) is 73.6 cm³/mol. The van der Waals surface area contributed by atoms with Gasteiger partial charge < -0.3 is 10.1 Å². The normalized spacial score (nSPS) is 19.1. The van der Waals surface area contributed by atoms with Crippen LogP contribution in [-0.2, 0) is 11.2 Å². The second kappa shape index (κ2) is 5.58. The predicted octanol–water partition coefficient (Wildman–Crippen LogP) is 1.06. The monoisotopic (exact) mass is 274 g/mol. The lowest BCUT2D eigenvalue weighted by Crippen LogP contribution is -2.31. The lowest BCUT2D eigenvalue weighted by Gasteiger charge is -2.21. The summed E-state index contributed by atoms with van der Waals surface area (Å²) in [5, 5.41) is 11.8. The fourth-order valence-electron chi connectivity index (χ4n) is 2.67. The molecule has 0 bridgehead atoms. The zero-order valence-corrected chi connectivity index (χ0v) is 11.5. The van der Waals surface area contributed by atoms with Gasteiger partial charge in [0.05, 0.1) is 12.7 Å². The van der Waals surface area contributed by atoms with Crippen molar-refractivity contribution in [1.82, 2.24) is 19.9 Å². The first kappa shape index (κ1) is 13.1. The van der Waals surface area contributed by atoms with E-state index in [-0.39, 0.29) is 5.97 Å². The molecule has 0 amide bonds. The van der Waals surface area contributed by atoms with E-state index in [9.17, 15) is 4.79 Å². The standard InChI is InChI=1S/C14H18N4O2/c1-20-14(19)11-4-5-12-16-17-13(18(12)9-11)7-10-3-2-6-15-8-10/h4-5,9-10,15H,2-3,6-8H2,1H3. The Balaban J connectivity index is 1.88. The summed E-state index contributed by atoms with van der Waals surface area (Å²) in [6, 6.07) is 3.50. The third-order valence-corrected chi connectivity index (χ3v) is 3.76. The van der Waals surface area contributed by atoms with E-state index in [1.54, 1.807) is 18.3 Å². The van der Waals surface area contributed by atoms with E-state index < -0.39 is 0 Å². The van der Waals surface area contributed by atoms with Crippen LogP contribution < -0.4 is 5.32 Å². The van der Waals surface area contributed by atoms with Crippen LogP contribution in [0.25, 0.3) is 5.65 Å². The summed E-state index contributed by atoms with van der Waals surface area (Å²) in [6.07, 6.45) is 5.04. The highest BCUT2D eigenvalue weighted by molar-refractivity contribution is 5.89. The Bertz CT molecular complexity index is 617. The van der Waals surface area contributed by atoms with Crippen molar-refractivity contribution in [3.05, 3.63) is 29.7 Å². The van der Waals surface area contributed by atoms with E-state index in [1.807, 2.05) is 4.40 Å². The molecule has 1 atom stereocenters. The number of hydrogen-bond donors (Lipinski definition) is 1. The Labute approximate surface area is 117 Å². The van der Waals surface area contributed by atoms with Crippen LogP contribution in [0.2, 0.25) is 0 Å². The number of pyridine rings is 1. The summed E-state index contributed by atoms with van der Waals surface area (Å²) < 4.78 is 6.64. The Hall–Kier alpha value is -1.95. The fourth-order valence-corrected chi connectivity index (χ4v) is 2.67. The smallest absolute Gasteiger partial charge is 0.339 e. The molecule has 3 heterocycles. The lowest BCUT2D eigenvalue weighted by molar-refractivity contribution is 0.0600. The third-order valence-electron chi connectivity index (χ3n) is 3.76. The summed E-state index contributed by atoms with van der Waals surface area (Å²) in [4.78, 5) is 11.6. The summed E-state index contributed by atoms with van der Waals surface area (Å²) in [6.45, 7) is 2.12. The van der Waals surface area contributed by atoms with Crippen molar-refractivity contribution in [2.45, 2.75) is 19.3 Å². The molecule has 1 aliphatic heterocycles. The Morgan fingerprint density at radius 1 is 1.50 bits per heavy atom. The molecule has 6 nitrogen and oxygen atoms in total. The average molecular weight is 274 g/mol. The molecule has 1 aliphatic rings. The van der Waals surface area contributed by atoms with Crippen molar-refractivity contribution < 1.29 is 9.53 Å².